The Kier molecular flexibility index (Phi) is 6.91. The number of rotatable bonds is 8. The van der Waals surface area contributed by atoms with Crippen molar-refractivity contribution >= 4 is 11.6 Å². The maximum atomic E-state index is 12.3. The zero-order valence-electron chi connectivity index (χ0n) is 12.8. The van der Waals surface area contributed by atoms with Crippen molar-refractivity contribution in [1.29, 1.82) is 0 Å². The van der Waals surface area contributed by atoms with Crippen LogP contribution >= 0.6 is 0 Å². The third-order valence-corrected chi connectivity index (χ3v) is 3.42. The summed E-state index contributed by atoms with van der Waals surface area (Å²) < 4.78 is 5.53. The van der Waals surface area contributed by atoms with Crippen LogP contribution in [0.2, 0.25) is 0 Å². The van der Waals surface area contributed by atoms with E-state index in [0.717, 1.165) is 25.8 Å². The van der Waals surface area contributed by atoms with Gasteiger partial charge in [-0.2, -0.15) is 0 Å². The van der Waals surface area contributed by atoms with Gasteiger partial charge in [0, 0.05) is 24.3 Å². The lowest BCUT2D eigenvalue weighted by atomic mass is 10.2. The highest BCUT2D eigenvalue weighted by molar-refractivity contribution is 5.78. The molecule has 0 aliphatic carbocycles. The van der Waals surface area contributed by atoms with Gasteiger partial charge in [0.2, 0.25) is 0 Å². The highest BCUT2D eigenvalue weighted by Gasteiger charge is 2.18. The number of anilines is 1. The fourth-order valence-corrected chi connectivity index (χ4v) is 1.97. The number of hydrogen-bond donors (Lipinski definition) is 1. The first kappa shape index (κ1) is 16.3. The Morgan fingerprint density at radius 1 is 1.40 bits per heavy atom. The molecule has 4 heteroatoms. The molecule has 1 amide bonds. The highest BCUT2D eigenvalue weighted by Crippen LogP contribution is 2.15. The summed E-state index contributed by atoms with van der Waals surface area (Å²) in [5.74, 6) is 0.674. The molecule has 0 aliphatic heterocycles. The van der Waals surface area contributed by atoms with Crippen LogP contribution in [-0.4, -0.2) is 30.0 Å². The monoisotopic (exact) mass is 278 g/mol. The Morgan fingerprint density at radius 2 is 2.15 bits per heavy atom. The summed E-state index contributed by atoms with van der Waals surface area (Å²) in [6, 6.07) is 7.40. The van der Waals surface area contributed by atoms with E-state index in [0.29, 0.717) is 11.4 Å². The normalized spacial score (nSPS) is 11.9. The van der Waals surface area contributed by atoms with Crippen molar-refractivity contribution in [3.8, 4) is 5.75 Å². The van der Waals surface area contributed by atoms with Crippen LogP contribution in [0.15, 0.2) is 24.3 Å². The minimum Gasteiger partial charge on any atom is -0.484 e. The summed E-state index contributed by atoms with van der Waals surface area (Å²) in [7, 11) is 0. The number of ether oxygens (including phenoxy) is 1. The summed E-state index contributed by atoms with van der Waals surface area (Å²) in [4.78, 5) is 14.2. The molecule has 20 heavy (non-hydrogen) atoms. The average molecular weight is 278 g/mol. The van der Waals surface area contributed by atoms with E-state index in [4.69, 9.17) is 10.5 Å². The second-order valence-electron chi connectivity index (χ2n) is 5.06. The lowest BCUT2D eigenvalue weighted by molar-refractivity contribution is -0.135. The number of benzene rings is 1. The molecule has 0 spiro atoms. The predicted octanol–water partition coefficient (Wildman–Crippen LogP) is 3.07. The molecule has 0 fully saturated rings. The number of amides is 1. The molecule has 2 N–H and O–H groups in total. The first-order valence-corrected chi connectivity index (χ1v) is 7.36. The molecule has 0 radical (unpaired) electrons. The van der Waals surface area contributed by atoms with Gasteiger partial charge < -0.3 is 15.4 Å². The molecule has 0 saturated heterocycles. The van der Waals surface area contributed by atoms with Crippen molar-refractivity contribution in [3.05, 3.63) is 24.3 Å². The van der Waals surface area contributed by atoms with Crippen LogP contribution in [0.3, 0.4) is 0 Å². The van der Waals surface area contributed by atoms with Crippen LogP contribution in [-0.2, 0) is 4.79 Å². The quantitative estimate of drug-likeness (QED) is 0.743. The van der Waals surface area contributed by atoms with Gasteiger partial charge in [-0.05, 0) is 31.9 Å². The zero-order chi connectivity index (χ0) is 15.0. The van der Waals surface area contributed by atoms with Crippen molar-refractivity contribution in [2.24, 2.45) is 0 Å². The first-order valence-electron chi connectivity index (χ1n) is 7.36. The molecule has 4 nitrogen and oxygen atoms in total. The Balaban J connectivity index is 2.57. The number of carbonyl (C=O) groups is 1. The number of nitrogens with zero attached hydrogens (tertiary/aromatic N) is 1. The Labute approximate surface area is 121 Å². The molecule has 0 saturated carbocycles. The van der Waals surface area contributed by atoms with E-state index in [2.05, 4.69) is 20.8 Å². The Hall–Kier alpha value is -1.71. The fraction of sp³-hybridized carbons (Fsp3) is 0.562. The van der Waals surface area contributed by atoms with Gasteiger partial charge in [0.15, 0.2) is 6.61 Å². The standard InChI is InChI=1S/C16H26N2O2/c1-4-6-10-18(13(3)5-2)16(19)12-20-15-9-7-8-14(17)11-15/h7-9,11,13H,4-6,10,12,17H2,1-3H3. The van der Waals surface area contributed by atoms with Crippen LogP contribution < -0.4 is 10.5 Å². The summed E-state index contributed by atoms with van der Waals surface area (Å²) >= 11 is 0. The van der Waals surface area contributed by atoms with E-state index in [1.165, 1.54) is 0 Å². The maximum Gasteiger partial charge on any atom is 0.260 e. The van der Waals surface area contributed by atoms with Gasteiger partial charge in [0.1, 0.15) is 5.75 Å². The van der Waals surface area contributed by atoms with Crippen molar-refractivity contribution in [1.82, 2.24) is 4.90 Å². The Morgan fingerprint density at radius 3 is 2.75 bits per heavy atom. The van der Waals surface area contributed by atoms with Crippen molar-refractivity contribution in [2.45, 2.75) is 46.1 Å². The van der Waals surface area contributed by atoms with Gasteiger partial charge in [0.25, 0.3) is 5.91 Å². The van der Waals surface area contributed by atoms with E-state index in [1.54, 1.807) is 12.1 Å². The molecule has 0 heterocycles. The van der Waals surface area contributed by atoms with Gasteiger partial charge in [-0.3, -0.25) is 4.79 Å². The smallest absolute Gasteiger partial charge is 0.260 e. The van der Waals surface area contributed by atoms with Gasteiger partial charge >= 0.3 is 0 Å². The fourth-order valence-electron chi connectivity index (χ4n) is 1.97. The van der Waals surface area contributed by atoms with E-state index in [1.807, 2.05) is 17.0 Å². The van der Waals surface area contributed by atoms with E-state index in [9.17, 15) is 4.79 Å². The van der Waals surface area contributed by atoms with Crippen LogP contribution in [0, 0.1) is 0 Å². The summed E-state index contributed by atoms with van der Waals surface area (Å²) in [5.41, 5.74) is 6.32. The predicted molar refractivity (Wildman–Crippen MR) is 82.7 cm³/mol. The molecule has 1 rings (SSSR count). The largest absolute Gasteiger partial charge is 0.484 e. The van der Waals surface area contributed by atoms with Crippen LogP contribution in [0.4, 0.5) is 5.69 Å². The summed E-state index contributed by atoms with van der Waals surface area (Å²) in [6.45, 7) is 7.16. The van der Waals surface area contributed by atoms with Crippen molar-refractivity contribution in [2.75, 3.05) is 18.9 Å². The minimum atomic E-state index is 0.0372. The minimum absolute atomic E-state index is 0.0372. The molecule has 0 aromatic heterocycles. The van der Waals surface area contributed by atoms with Crippen molar-refractivity contribution in [3.63, 3.8) is 0 Å². The maximum absolute atomic E-state index is 12.3. The third-order valence-electron chi connectivity index (χ3n) is 3.42. The SMILES string of the molecule is CCCCN(C(=O)COc1cccc(N)c1)C(C)CC. The van der Waals surface area contributed by atoms with E-state index >= 15 is 0 Å². The van der Waals surface area contributed by atoms with Crippen molar-refractivity contribution < 1.29 is 9.53 Å². The van der Waals surface area contributed by atoms with Crippen LogP contribution in [0.25, 0.3) is 0 Å². The lowest BCUT2D eigenvalue weighted by Crippen LogP contribution is -2.41. The first-order chi connectivity index (χ1) is 9.58. The lowest BCUT2D eigenvalue weighted by Gasteiger charge is -2.28. The zero-order valence-corrected chi connectivity index (χ0v) is 12.8. The molecule has 1 unspecified atom stereocenters. The topological polar surface area (TPSA) is 55.6 Å². The number of nitrogen functional groups attached to an aromatic ring is 1. The highest BCUT2D eigenvalue weighted by atomic mass is 16.5. The number of nitrogens with two attached hydrogens (primary N) is 1. The number of hydrogen-bond acceptors (Lipinski definition) is 3. The molecular weight excluding hydrogens is 252 g/mol. The van der Waals surface area contributed by atoms with Crippen LogP contribution in [0.5, 0.6) is 5.75 Å². The Bertz CT molecular complexity index is 421. The molecule has 1 aromatic carbocycles. The van der Waals surface area contributed by atoms with E-state index < -0.39 is 0 Å². The molecular formula is C16H26N2O2. The molecule has 112 valence electrons. The molecule has 1 aromatic rings. The second kappa shape index (κ2) is 8.46. The third kappa shape index (κ3) is 5.11. The summed E-state index contributed by atoms with van der Waals surface area (Å²) in [6.07, 6.45) is 3.05. The van der Waals surface area contributed by atoms with E-state index in [-0.39, 0.29) is 18.6 Å². The van der Waals surface area contributed by atoms with Gasteiger partial charge in [-0.15, -0.1) is 0 Å². The number of carbonyl (C=O) groups excluding carboxylic acids is 1. The van der Waals surface area contributed by atoms with Crippen LogP contribution in [0.1, 0.15) is 40.0 Å². The average Bonchev–Trinajstić information content (AvgIpc) is 2.45. The molecule has 0 aliphatic rings. The van der Waals surface area contributed by atoms with Gasteiger partial charge in [-0.1, -0.05) is 26.3 Å². The summed E-state index contributed by atoms with van der Waals surface area (Å²) in [5, 5.41) is 0. The molecule has 0 bridgehead atoms. The van der Waals surface area contributed by atoms with Gasteiger partial charge in [-0.25, -0.2) is 0 Å². The van der Waals surface area contributed by atoms with Gasteiger partial charge in [0.05, 0.1) is 0 Å². The second-order valence-corrected chi connectivity index (χ2v) is 5.06. The number of unbranched alkanes of at least 4 members (excludes halogenated alkanes) is 1. The molecule has 1 atom stereocenters.